The molecular formula is C25H32N6O. The van der Waals surface area contributed by atoms with Crippen molar-refractivity contribution < 1.29 is 5.11 Å². The van der Waals surface area contributed by atoms with Gasteiger partial charge in [-0.3, -0.25) is 0 Å². The van der Waals surface area contributed by atoms with E-state index < -0.39 is 5.60 Å². The molecule has 32 heavy (non-hydrogen) atoms. The summed E-state index contributed by atoms with van der Waals surface area (Å²) in [6.45, 7) is 8.17. The predicted octanol–water partition coefficient (Wildman–Crippen LogP) is 3.39. The Labute approximate surface area is 188 Å². The number of fused-ring (bicyclic) bond motifs is 3. The molecule has 0 radical (unpaired) electrons. The first-order valence-corrected chi connectivity index (χ1v) is 11.9. The van der Waals surface area contributed by atoms with Gasteiger partial charge in [-0.2, -0.15) is 5.10 Å². The fraction of sp³-hybridized carbons (Fsp3) is 0.560. The molecule has 2 aliphatic heterocycles. The van der Waals surface area contributed by atoms with Crippen LogP contribution in [0.4, 0.5) is 5.82 Å². The van der Waals surface area contributed by atoms with Gasteiger partial charge in [-0.1, -0.05) is 0 Å². The topological polar surface area (TPSA) is 79.1 Å². The molecule has 3 aliphatic rings. The van der Waals surface area contributed by atoms with E-state index in [1.807, 2.05) is 24.7 Å². The van der Waals surface area contributed by atoms with Crippen molar-refractivity contribution in [3.8, 4) is 5.82 Å². The molecule has 1 aromatic carbocycles. The van der Waals surface area contributed by atoms with Gasteiger partial charge >= 0.3 is 0 Å². The monoisotopic (exact) mass is 432 g/mol. The molecule has 2 atom stereocenters. The smallest absolute Gasteiger partial charge is 0.159 e. The van der Waals surface area contributed by atoms with E-state index >= 15 is 0 Å². The number of nitrogens with one attached hydrogen (secondary N) is 1. The molecule has 3 aromatic rings. The Bertz CT molecular complexity index is 1170. The molecule has 4 heterocycles. The molecule has 2 aromatic heterocycles. The van der Waals surface area contributed by atoms with E-state index in [1.54, 1.807) is 0 Å². The summed E-state index contributed by atoms with van der Waals surface area (Å²) < 4.78 is 1.97. The first-order chi connectivity index (χ1) is 15.4. The number of rotatable bonds is 3. The lowest BCUT2D eigenvalue weighted by Crippen LogP contribution is -2.44. The highest BCUT2D eigenvalue weighted by Gasteiger charge is 2.38. The molecule has 3 fully saturated rings. The number of hydrogen-bond acceptors (Lipinski definition) is 6. The van der Waals surface area contributed by atoms with E-state index in [0.717, 1.165) is 67.1 Å². The van der Waals surface area contributed by atoms with Crippen LogP contribution >= 0.6 is 0 Å². The third-order valence-electron chi connectivity index (χ3n) is 7.84. The van der Waals surface area contributed by atoms with Crippen molar-refractivity contribution in [2.45, 2.75) is 76.5 Å². The maximum atomic E-state index is 10.4. The fourth-order valence-electron chi connectivity index (χ4n) is 6.01. The molecule has 1 saturated carbocycles. The zero-order valence-corrected chi connectivity index (χ0v) is 19.2. The number of benzene rings is 1. The Morgan fingerprint density at radius 3 is 2.59 bits per heavy atom. The standard InChI is InChI=1S/C25H32N6O/c1-15-8-18-12-27-31(22(18)10-21(15)17-4-6-25(3,32)7-5-17)24-11-23(28-16(2)29-24)30-14-19-9-20(30)13-26-19/h8,10-12,17,19-20,26,32H,4-7,9,13-14H2,1-3H3/t17-,19-,20-,25+/m0/s1. The van der Waals surface area contributed by atoms with Crippen molar-refractivity contribution in [2.24, 2.45) is 0 Å². The van der Waals surface area contributed by atoms with Crippen LogP contribution in [0, 0.1) is 13.8 Å². The molecule has 2 bridgehead atoms. The van der Waals surface area contributed by atoms with Crippen molar-refractivity contribution >= 4 is 16.7 Å². The van der Waals surface area contributed by atoms with Crippen LogP contribution in [0.5, 0.6) is 0 Å². The van der Waals surface area contributed by atoms with E-state index in [9.17, 15) is 5.11 Å². The Morgan fingerprint density at radius 1 is 1.09 bits per heavy atom. The second-order valence-corrected chi connectivity index (χ2v) is 10.4. The summed E-state index contributed by atoms with van der Waals surface area (Å²) in [5, 5.41) is 19.8. The minimum Gasteiger partial charge on any atom is -0.390 e. The maximum Gasteiger partial charge on any atom is 0.159 e. The highest BCUT2D eigenvalue weighted by atomic mass is 16.3. The van der Waals surface area contributed by atoms with Crippen LogP contribution < -0.4 is 10.2 Å². The van der Waals surface area contributed by atoms with Gasteiger partial charge in [-0.25, -0.2) is 14.6 Å². The van der Waals surface area contributed by atoms with Crippen LogP contribution in [0.25, 0.3) is 16.7 Å². The summed E-state index contributed by atoms with van der Waals surface area (Å²) in [5.74, 6) is 3.10. The van der Waals surface area contributed by atoms with Gasteiger partial charge in [0, 0.05) is 36.6 Å². The third kappa shape index (κ3) is 3.39. The molecule has 0 unspecified atom stereocenters. The van der Waals surface area contributed by atoms with Gasteiger partial charge in [0.25, 0.3) is 0 Å². The normalized spacial score (nSPS) is 29.9. The summed E-state index contributed by atoms with van der Waals surface area (Å²) in [6, 6.07) is 7.75. The summed E-state index contributed by atoms with van der Waals surface area (Å²) in [4.78, 5) is 11.9. The van der Waals surface area contributed by atoms with Crippen molar-refractivity contribution in [3.63, 3.8) is 0 Å². The molecular weight excluding hydrogens is 400 g/mol. The van der Waals surface area contributed by atoms with Crippen molar-refractivity contribution in [3.05, 3.63) is 41.3 Å². The molecule has 6 rings (SSSR count). The number of hydrogen-bond donors (Lipinski definition) is 2. The predicted molar refractivity (Wildman–Crippen MR) is 126 cm³/mol. The van der Waals surface area contributed by atoms with Gasteiger partial charge in [-0.15, -0.1) is 0 Å². The average molecular weight is 433 g/mol. The van der Waals surface area contributed by atoms with Crippen LogP contribution in [0.15, 0.2) is 24.4 Å². The van der Waals surface area contributed by atoms with Crippen LogP contribution in [0.3, 0.4) is 0 Å². The van der Waals surface area contributed by atoms with E-state index in [2.05, 4.69) is 35.3 Å². The van der Waals surface area contributed by atoms with Crippen molar-refractivity contribution in [2.75, 3.05) is 18.0 Å². The Morgan fingerprint density at radius 2 is 1.88 bits per heavy atom. The van der Waals surface area contributed by atoms with E-state index in [0.29, 0.717) is 18.0 Å². The van der Waals surface area contributed by atoms with Gasteiger partial charge in [0.15, 0.2) is 5.82 Å². The van der Waals surface area contributed by atoms with Crippen molar-refractivity contribution in [1.29, 1.82) is 0 Å². The summed E-state index contributed by atoms with van der Waals surface area (Å²) >= 11 is 0. The second-order valence-electron chi connectivity index (χ2n) is 10.4. The molecule has 2 N–H and O–H groups in total. The maximum absolute atomic E-state index is 10.4. The molecule has 2 saturated heterocycles. The minimum absolute atomic E-state index is 0.485. The number of piperazine rings is 1. The van der Waals surface area contributed by atoms with Gasteiger partial charge < -0.3 is 15.3 Å². The zero-order chi connectivity index (χ0) is 22.0. The lowest BCUT2D eigenvalue weighted by Gasteiger charge is -2.34. The largest absolute Gasteiger partial charge is 0.390 e. The Hall–Kier alpha value is -2.51. The van der Waals surface area contributed by atoms with Gasteiger partial charge in [0.1, 0.15) is 11.6 Å². The fourth-order valence-corrected chi connectivity index (χ4v) is 6.01. The molecule has 0 spiro atoms. The zero-order valence-electron chi connectivity index (χ0n) is 19.2. The van der Waals surface area contributed by atoms with Crippen LogP contribution in [-0.4, -0.2) is 55.6 Å². The number of aromatic nitrogens is 4. The quantitative estimate of drug-likeness (QED) is 0.661. The van der Waals surface area contributed by atoms with E-state index in [1.165, 1.54) is 17.5 Å². The summed E-state index contributed by atoms with van der Waals surface area (Å²) in [7, 11) is 0. The van der Waals surface area contributed by atoms with Crippen LogP contribution in [0.1, 0.15) is 61.9 Å². The molecule has 168 valence electrons. The number of aliphatic hydroxyl groups is 1. The van der Waals surface area contributed by atoms with Gasteiger partial charge in [0.2, 0.25) is 0 Å². The molecule has 7 heteroatoms. The number of aryl methyl sites for hydroxylation is 2. The van der Waals surface area contributed by atoms with Gasteiger partial charge in [0.05, 0.1) is 17.3 Å². The second kappa shape index (κ2) is 7.25. The van der Waals surface area contributed by atoms with Gasteiger partial charge in [-0.05, 0) is 82.1 Å². The number of anilines is 1. The molecule has 0 amide bonds. The first kappa shape index (κ1) is 20.1. The highest BCUT2D eigenvalue weighted by Crippen LogP contribution is 2.40. The highest BCUT2D eigenvalue weighted by molar-refractivity contribution is 5.82. The minimum atomic E-state index is -0.518. The van der Waals surface area contributed by atoms with Crippen LogP contribution in [-0.2, 0) is 0 Å². The average Bonchev–Trinajstić information content (AvgIpc) is 3.48. The van der Waals surface area contributed by atoms with Crippen molar-refractivity contribution in [1.82, 2.24) is 25.1 Å². The third-order valence-corrected chi connectivity index (χ3v) is 7.84. The van der Waals surface area contributed by atoms with E-state index in [-0.39, 0.29) is 0 Å². The Balaban J connectivity index is 1.38. The molecule has 7 nitrogen and oxygen atoms in total. The SMILES string of the molecule is Cc1nc(N2C[C@@H]3C[C@H]2CN3)cc(-n2ncc3cc(C)c([C@H]4CC[C@@](C)(O)CC4)cc32)n1. The first-order valence-electron chi connectivity index (χ1n) is 11.9. The lowest BCUT2D eigenvalue weighted by atomic mass is 9.76. The summed E-state index contributed by atoms with van der Waals surface area (Å²) in [5.41, 5.74) is 3.26. The summed E-state index contributed by atoms with van der Waals surface area (Å²) in [6.07, 6.45) is 6.90. The van der Waals surface area contributed by atoms with E-state index in [4.69, 9.17) is 15.1 Å². The lowest BCUT2D eigenvalue weighted by molar-refractivity contribution is 0.0171. The number of nitrogens with zero attached hydrogens (tertiary/aromatic N) is 5. The Kier molecular flexibility index (Phi) is 4.56. The molecule has 1 aliphatic carbocycles. The van der Waals surface area contributed by atoms with Crippen LogP contribution in [0.2, 0.25) is 0 Å².